The van der Waals surface area contributed by atoms with E-state index in [2.05, 4.69) is 0 Å². The highest BCUT2D eigenvalue weighted by Gasteiger charge is 2.59. The summed E-state index contributed by atoms with van der Waals surface area (Å²) in [6.45, 7) is 7.55. The second-order valence-electron chi connectivity index (χ2n) is 8.52. The predicted octanol–water partition coefficient (Wildman–Crippen LogP) is 1.65. The van der Waals surface area contributed by atoms with Crippen LogP contribution in [0.1, 0.15) is 47.0 Å². The number of hydrogen-bond donors (Lipinski definition) is 2. The molecule has 156 valence electrons. The first-order chi connectivity index (χ1) is 12.9. The van der Waals surface area contributed by atoms with Crippen LogP contribution in [0.5, 0.6) is 0 Å². The first-order valence-corrected chi connectivity index (χ1v) is 9.40. The van der Waals surface area contributed by atoms with E-state index < -0.39 is 47.9 Å². The van der Waals surface area contributed by atoms with Crippen LogP contribution in [0.3, 0.4) is 0 Å². The second-order valence-corrected chi connectivity index (χ2v) is 8.52. The number of β-amino-alcohol motifs (C(OH)–C–C–N with tert-alkyl or cyclic N) is 1. The van der Waals surface area contributed by atoms with Crippen molar-refractivity contribution >= 4 is 19.2 Å². The Hall–Kier alpha value is -1.83. The van der Waals surface area contributed by atoms with Gasteiger partial charge in [-0.1, -0.05) is 6.42 Å². The maximum Gasteiger partial charge on any atom is 0.457 e. The van der Waals surface area contributed by atoms with Crippen LogP contribution in [0.25, 0.3) is 0 Å². The summed E-state index contributed by atoms with van der Waals surface area (Å²) in [6, 6.07) is 0.771. The minimum atomic E-state index is -1.33. The molecule has 0 aromatic rings. The van der Waals surface area contributed by atoms with Crippen molar-refractivity contribution in [3.05, 3.63) is 0 Å². The molecular formula is C18H29BN2O7. The van der Waals surface area contributed by atoms with Crippen molar-refractivity contribution in [2.24, 2.45) is 5.41 Å². The molecule has 3 atom stereocenters. The van der Waals surface area contributed by atoms with Gasteiger partial charge < -0.3 is 24.3 Å². The molecule has 0 bridgehead atoms. The maximum atomic E-state index is 12.4. The van der Waals surface area contributed by atoms with E-state index in [1.165, 1.54) is 0 Å². The summed E-state index contributed by atoms with van der Waals surface area (Å²) >= 11 is 0. The minimum absolute atomic E-state index is 0.166. The predicted molar refractivity (Wildman–Crippen MR) is 99.3 cm³/mol. The topological polar surface area (TPSA) is 129 Å². The summed E-state index contributed by atoms with van der Waals surface area (Å²) in [5.41, 5.74) is -2.17. The van der Waals surface area contributed by atoms with Gasteiger partial charge in [0.2, 0.25) is 0 Å². The van der Waals surface area contributed by atoms with Gasteiger partial charge in [0.05, 0.1) is 37.0 Å². The summed E-state index contributed by atoms with van der Waals surface area (Å²) < 4.78 is 16.7. The molecule has 2 fully saturated rings. The number of methoxy groups -OCH3 is 1. The molecule has 2 aliphatic heterocycles. The lowest BCUT2D eigenvalue weighted by Gasteiger charge is -2.35. The Labute approximate surface area is 165 Å². The molecule has 1 amide bonds. The Balaban J connectivity index is 2.17. The molecule has 2 aliphatic rings. The molecule has 2 rings (SSSR count). The third-order valence-corrected chi connectivity index (χ3v) is 6.35. The molecular weight excluding hydrogens is 367 g/mol. The van der Waals surface area contributed by atoms with Gasteiger partial charge in [-0.2, -0.15) is 5.26 Å². The maximum absolute atomic E-state index is 12.4. The first kappa shape index (κ1) is 22.5. The number of aliphatic hydroxyl groups is 1. The Morgan fingerprint density at radius 2 is 1.86 bits per heavy atom. The molecule has 2 saturated heterocycles. The van der Waals surface area contributed by atoms with Gasteiger partial charge in [-0.25, -0.2) is 9.59 Å². The normalized spacial score (nSPS) is 30.9. The number of nitriles is 1. The summed E-state index contributed by atoms with van der Waals surface area (Å²) in [7, 11) is 0.712. The number of ether oxygens (including phenoxy) is 1. The number of carboxylic acid groups (broad SMARTS) is 1. The fourth-order valence-electron chi connectivity index (χ4n) is 4.06. The van der Waals surface area contributed by atoms with Crippen LogP contribution in [0, 0.1) is 16.7 Å². The van der Waals surface area contributed by atoms with Gasteiger partial charge in [-0.15, -0.1) is 0 Å². The number of aliphatic hydroxyl groups excluding tert-OH is 1. The largest absolute Gasteiger partial charge is 0.467 e. The third kappa shape index (κ3) is 3.84. The van der Waals surface area contributed by atoms with Crippen LogP contribution >= 0.6 is 0 Å². The quantitative estimate of drug-likeness (QED) is 0.512. The van der Waals surface area contributed by atoms with Gasteiger partial charge >= 0.3 is 19.2 Å². The summed E-state index contributed by atoms with van der Waals surface area (Å²) in [5, 5.41) is 29.4. The first-order valence-electron chi connectivity index (χ1n) is 9.40. The van der Waals surface area contributed by atoms with Crippen LogP contribution < -0.4 is 0 Å². The molecule has 0 aliphatic carbocycles. The number of likely N-dealkylation sites (tertiary alicyclic amines) is 1. The molecule has 2 N–H and O–H groups in total. The molecule has 0 spiro atoms. The highest BCUT2D eigenvalue weighted by atomic mass is 16.7. The highest BCUT2D eigenvalue weighted by molar-refractivity contribution is 6.45. The number of amides is 1. The number of esters is 1. The van der Waals surface area contributed by atoms with Crippen molar-refractivity contribution < 1.29 is 33.8 Å². The van der Waals surface area contributed by atoms with E-state index in [0.717, 1.165) is 12.0 Å². The minimum Gasteiger partial charge on any atom is -0.467 e. The van der Waals surface area contributed by atoms with Crippen molar-refractivity contribution in [2.75, 3.05) is 13.7 Å². The van der Waals surface area contributed by atoms with Crippen molar-refractivity contribution in [1.29, 1.82) is 5.26 Å². The molecule has 0 saturated carbocycles. The Kier molecular flexibility index (Phi) is 6.33. The smallest absolute Gasteiger partial charge is 0.457 e. The van der Waals surface area contributed by atoms with Gasteiger partial charge in [0.1, 0.15) is 6.04 Å². The molecule has 28 heavy (non-hydrogen) atoms. The van der Waals surface area contributed by atoms with Gasteiger partial charge in [-0.3, -0.25) is 4.90 Å². The Morgan fingerprint density at radius 1 is 1.29 bits per heavy atom. The van der Waals surface area contributed by atoms with Crippen LogP contribution in [0.4, 0.5) is 4.79 Å². The average Bonchev–Trinajstić information content (AvgIpc) is 2.97. The van der Waals surface area contributed by atoms with E-state index in [1.807, 2.05) is 33.8 Å². The van der Waals surface area contributed by atoms with E-state index in [9.17, 15) is 25.1 Å². The fraction of sp³-hybridized carbons (Fsp3) is 0.833. The van der Waals surface area contributed by atoms with E-state index in [1.54, 1.807) is 0 Å². The van der Waals surface area contributed by atoms with Crippen LogP contribution in [0.2, 0.25) is 6.32 Å². The van der Waals surface area contributed by atoms with Crippen molar-refractivity contribution in [3.63, 3.8) is 0 Å². The Bertz CT molecular complexity index is 647. The second kappa shape index (κ2) is 7.89. The molecule has 2 heterocycles. The molecule has 0 aromatic heterocycles. The number of carbonyl (C=O) groups excluding carboxylic acids is 1. The van der Waals surface area contributed by atoms with Crippen LogP contribution in [-0.2, 0) is 18.8 Å². The summed E-state index contributed by atoms with van der Waals surface area (Å²) in [6.07, 6.45) is -1.41. The monoisotopic (exact) mass is 396 g/mol. The standard InChI is InChI=1S/C18H29BN2O7/c1-16(2)17(3,4)28-19(27-16)9-6-7-18(8-10-20)12(22)11-21(15(24)25)13(18)14(23)26-5/h12-13,22H,6-9,11H2,1-5H3,(H,24,25). The number of nitrogens with zero attached hydrogens (tertiary/aromatic N) is 2. The highest BCUT2D eigenvalue weighted by Crippen LogP contribution is 2.46. The number of carbonyl (C=O) groups is 2. The molecule has 10 heteroatoms. The van der Waals surface area contributed by atoms with Crippen LogP contribution in [-0.4, -0.2) is 71.3 Å². The zero-order chi connectivity index (χ0) is 21.3. The zero-order valence-electron chi connectivity index (χ0n) is 17.1. The van der Waals surface area contributed by atoms with Crippen molar-refractivity contribution in [1.82, 2.24) is 4.90 Å². The van der Waals surface area contributed by atoms with Crippen molar-refractivity contribution in [3.8, 4) is 6.07 Å². The van der Waals surface area contributed by atoms with Gasteiger partial charge in [-0.05, 0) is 40.4 Å². The van der Waals surface area contributed by atoms with Gasteiger partial charge in [0, 0.05) is 11.8 Å². The van der Waals surface area contributed by atoms with Crippen molar-refractivity contribution in [2.45, 2.75) is 76.6 Å². The van der Waals surface area contributed by atoms with Gasteiger partial charge in [0.15, 0.2) is 0 Å². The Morgan fingerprint density at radius 3 is 2.32 bits per heavy atom. The SMILES string of the molecule is COC(=O)C1N(C(=O)O)CC(O)C1(CC#N)CCCB1OC(C)(C)C(C)(C)O1. The van der Waals surface area contributed by atoms with E-state index in [4.69, 9.17) is 14.0 Å². The number of rotatable bonds is 6. The molecule has 3 unspecified atom stereocenters. The van der Waals surface area contributed by atoms with E-state index in [0.29, 0.717) is 12.7 Å². The lowest BCUT2D eigenvalue weighted by atomic mass is 9.69. The van der Waals surface area contributed by atoms with Crippen LogP contribution in [0.15, 0.2) is 0 Å². The van der Waals surface area contributed by atoms with E-state index in [-0.39, 0.29) is 19.4 Å². The summed E-state index contributed by atoms with van der Waals surface area (Å²) in [5.74, 6) is -0.773. The zero-order valence-corrected chi connectivity index (χ0v) is 17.1. The number of hydrogen-bond acceptors (Lipinski definition) is 7. The fourth-order valence-corrected chi connectivity index (χ4v) is 4.06. The summed E-state index contributed by atoms with van der Waals surface area (Å²) in [4.78, 5) is 24.8. The molecule has 9 nitrogen and oxygen atoms in total. The lowest BCUT2D eigenvalue weighted by Crippen LogP contribution is -2.49. The molecule has 0 aromatic carbocycles. The average molecular weight is 396 g/mol. The molecule has 0 radical (unpaired) electrons. The lowest BCUT2D eigenvalue weighted by molar-refractivity contribution is -0.150. The third-order valence-electron chi connectivity index (χ3n) is 6.35. The van der Waals surface area contributed by atoms with Gasteiger partial charge in [0.25, 0.3) is 0 Å². The van der Waals surface area contributed by atoms with E-state index >= 15 is 0 Å².